The molecule has 0 bridgehead atoms. The molecular formula is C8H7ClCuO3. The van der Waals surface area contributed by atoms with Gasteiger partial charge >= 0.3 is 5.97 Å². The average Bonchev–Trinajstić information content (AvgIpc) is 2.04. The van der Waals surface area contributed by atoms with E-state index in [2.05, 4.69) is 0 Å². The Labute approximate surface area is 90.8 Å². The standard InChI is InChI=1S/C8H7ClO3.Cu/c9-6-4-2-1-3-5(6)7(10)8(11)12;/h1-4,7,10H,(H,11,12);. The number of aliphatic hydroxyl groups is 1. The summed E-state index contributed by atoms with van der Waals surface area (Å²) in [6, 6.07) is 6.29. The minimum Gasteiger partial charge on any atom is -0.479 e. The number of hydrogen-bond acceptors (Lipinski definition) is 2. The van der Waals surface area contributed by atoms with Crippen molar-refractivity contribution in [3.63, 3.8) is 0 Å². The zero-order valence-corrected chi connectivity index (χ0v) is 8.07. The van der Waals surface area contributed by atoms with Gasteiger partial charge in [-0.3, -0.25) is 0 Å². The maximum absolute atomic E-state index is 10.3. The number of rotatable bonds is 2. The molecule has 1 atom stereocenters. The summed E-state index contributed by atoms with van der Waals surface area (Å²) in [6.45, 7) is 0. The van der Waals surface area contributed by atoms with Gasteiger partial charge in [-0.1, -0.05) is 29.8 Å². The van der Waals surface area contributed by atoms with E-state index in [9.17, 15) is 4.79 Å². The zero-order valence-electron chi connectivity index (χ0n) is 6.37. The van der Waals surface area contributed by atoms with Gasteiger partial charge in [0.15, 0.2) is 6.10 Å². The minimum absolute atomic E-state index is 0. The molecule has 1 rings (SSSR count). The predicted octanol–water partition coefficient (Wildman–Crippen LogP) is 1.46. The molecule has 13 heavy (non-hydrogen) atoms. The van der Waals surface area contributed by atoms with Crippen molar-refractivity contribution < 1.29 is 32.1 Å². The van der Waals surface area contributed by atoms with Gasteiger partial charge in [-0.05, 0) is 6.07 Å². The number of aliphatic hydroxyl groups excluding tert-OH is 1. The second kappa shape index (κ2) is 5.25. The van der Waals surface area contributed by atoms with E-state index in [1.165, 1.54) is 12.1 Å². The molecule has 0 saturated carbocycles. The van der Waals surface area contributed by atoms with Crippen LogP contribution in [0.25, 0.3) is 0 Å². The molecule has 1 unspecified atom stereocenters. The third-order valence-electron chi connectivity index (χ3n) is 1.43. The van der Waals surface area contributed by atoms with Crippen LogP contribution in [0.1, 0.15) is 11.7 Å². The molecule has 0 aliphatic heterocycles. The smallest absolute Gasteiger partial charge is 0.337 e. The van der Waals surface area contributed by atoms with Crippen LogP contribution in [0.4, 0.5) is 0 Å². The maximum Gasteiger partial charge on any atom is 0.337 e. The number of hydrogen-bond donors (Lipinski definition) is 2. The van der Waals surface area contributed by atoms with Gasteiger partial charge in [-0.2, -0.15) is 0 Å². The van der Waals surface area contributed by atoms with E-state index in [0.29, 0.717) is 0 Å². The number of benzene rings is 1. The van der Waals surface area contributed by atoms with Crippen LogP contribution in [0.3, 0.4) is 0 Å². The molecule has 0 aliphatic carbocycles. The van der Waals surface area contributed by atoms with Crippen LogP contribution in [0.15, 0.2) is 24.3 Å². The summed E-state index contributed by atoms with van der Waals surface area (Å²) < 4.78 is 0. The monoisotopic (exact) mass is 249 g/mol. The van der Waals surface area contributed by atoms with Crippen molar-refractivity contribution in [1.29, 1.82) is 0 Å². The second-order valence-electron chi connectivity index (χ2n) is 2.26. The summed E-state index contributed by atoms with van der Waals surface area (Å²) in [4.78, 5) is 10.3. The van der Waals surface area contributed by atoms with E-state index in [1.54, 1.807) is 12.1 Å². The fourth-order valence-electron chi connectivity index (χ4n) is 0.830. The summed E-state index contributed by atoms with van der Waals surface area (Å²) in [7, 11) is 0. The average molecular weight is 250 g/mol. The summed E-state index contributed by atoms with van der Waals surface area (Å²) >= 11 is 5.64. The predicted molar refractivity (Wildman–Crippen MR) is 44.0 cm³/mol. The van der Waals surface area contributed by atoms with Crippen molar-refractivity contribution in [3.05, 3.63) is 34.9 Å². The minimum atomic E-state index is -1.54. The quantitative estimate of drug-likeness (QED) is 0.781. The van der Waals surface area contributed by atoms with Gasteiger partial charge in [-0.25, -0.2) is 4.79 Å². The Morgan fingerprint density at radius 2 is 1.92 bits per heavy atom. The first-order chi connectivity index (χ1) is 5.63. The Morgan fingerprint density at radius 1 is 1.38 bits per heavy atom. The topological polar surface area (TPSA) is 57.5 Å². The van der Waals surface area contributed by atoms with Crippen molar-refractivity contribution in [2.45, 2.75) is 6.10 Å². The van der Waals surface area contributed by atoms with Crippen LogP contribution in [0, 0.1) is 0 Å². The SMILES string of the molecule is O=C(O)C(O)c1ccccc1Cl.[Cu]. The molecule has 0 heterocycles. The largest absolute Gasteiger partial charge is 0.479 e. The van der Waals surface area contributed by atoms with Crippen molar-refractivity contribution >= 4 is 17.6 Å². The normalized spacial score (nSPS) is 11.5. The molecule has 0 fully saturated rings. The van der Waals surface area contributed by atoms with E-state index < -0.39 is 12.1 Å². The first kappa shape index (κ1) is 12.5. The van der Waals surface area contributed by atoms with Gasteiger partial charge < -0.3 is 10.2 Å². The second-order valence-corrected chi connectivity index (χ2v) is 2.67. The molecule has 1 aromatic rings. The molecule has 0 spiro atoms. The third-order valence-corrected chi connectivity index (χ3v) is 1.78. The summed E-state index contributed by atoms with van der Waals surface area (Å²) in [6.07, 6.45) is -1.54. The molecule has 1 aromatic carbocycles. The number of aliphatic carboxylic acids is 1. The maximum atomic E-state index is 10.3. The van der Waals surface area contributed by atoms with Gasteiger partial charge in [0, 0.05) is 27.7 Å². The van der Waals surface area contributed by atoms with E-state index in [0.717, 1.165) is 0 Å². The van der Waals surface area contributed by atoms with Crippen molar-refractivity contribution in [3.8, 4) is 0 Å². The number of carboxylic acid groups (broad SMARTS) is 1. The van der Waals surface area contributed by atoms with Gasteiger partial charge in [0.25, 0.3) is 0 Å². The first-order valence-electron chi connectivity index (χ1n) is 3.28. The van der Waals surface area contributed by atoms with Crippen molar-refractivity contribution in [2.75, 3.05) is 0 Å². The molecule has 3 nitrogen and oxygen atoms in total. The van der Waals surface area contributed by atoms with Gasteiger partial charge in [0.2, 0.25) is 0 Å². The summed E-state index contributed by atoms with van der Waals surface area (Å²) in [5.41, 5.74) is 0.215. The summed E-state index contributed by atoms with van der Waals surface area (Å²) in [5.74, 6) is -1.30. The Bertz CT molecular complexity index is 303. The van der Waals surface area contributed by atoms with Crippen molar-refractivity contribution in [2.24, 2.45) is 0 Å². The van der Waals surface area contributed by atoms with Crippen LogP contribution < -0.4 is 0 Å². The molecule has 1 radical (unpaired) electrons. The first-order valence-corrected chi connectivity index (χ1v) is 3.66. The van der Waals surface area contributed by atoms with E-state index in [-0.39, 0.29) is 27.7 Å². The Hall–Kier alpha value is -0.541. The van der Waals surface area contributed by atoms with Gasteiger partial charge in [0.05, 0.1) is 0 Å². The molecule has 2 N–H and O–H groups in total. The number of carbonyl (C=O) groups is 1. The molecule has 0 aliphatic rings. The number of halogens is 1. The van der Waals surface area contributed by atoms with Crippen LogP contribution in [0.5, 0.6) is 0 Å². The van der Waals surface area contributed by atoms with Crippen molar-refractivity contribution in [1.82, 2.24) is 0 Å². The summed E-state index contributed by atoms with van der Waals surface area (Å²) in [5, 5.41) is 17.8. The Morgan fingerprint density at radius 3 is 2.38 bits per heavy atom. The van der Waals surface area contributed by atoms with Crippen LogP contribution >= 0.6 is 11.6 Å². The molecular weight excluding hydrogens is 243 g/mol. The Kier molecular flexibility index (Phi) is 5.03. The van der Waals surface area contributed by atoms with Gasteiger partial charge in [0.1, 0.15) is 0 Å². The van der Waals surface area contributed by atoms with Crippen LogP contribution in [-0.4, -0.2) is 16.2 Å². The van der Waals surface area contributed by atoms with Crippen LogP contribution in [-0.2, 0) is 21.9 Å². The molecule has 0 aromatic heterocycles. The molecule has 0 saturated heterocycles. The van der Waals surface area contributed by atoms with E-state index in [4.69, 9.17) is 21.8 Å². The Balaban J connectivity index is 0.00000144. The van der Waals surface area contributed by atoms with E-state index >= 15 is 0 Å². The number of carboxylic acids is 1. The fourth-order valence-corrected chi connectivity index (χ4v) is 1.07. The molecule has 5 heteroatoms. The molecule has 0 amide bonds. The fraction of sp³-hybridized carbons (Fsp3) is 0.125. The molecule has 75 valence electrons. The van der Waals surface area contributed by atoms with Crippen LogP contribution in [0.2, 0.25) is 5.02 Å². The zero-order chi connectivity index (χ0) is 9.14. The van der Waals surface area contributed by atoms with Gasteiger partial charge in [-0.15, -0.1) is 0 Å². The third kappa shape index (κ3) is 3.01. The van der Waals surface area contributed by atoms with E-state index in [1.807, 2.05) is 0 Å².